The molecule has 1 aliphatic rings. The van der Waals surface area contributed by atoms with E-state index in [0.717, 1.165) is 0 Å². The summed E-state index contributed by atoms with van der Waals surface area (Å²) < 4.78 is 16.9. The number of phenolic OH excluding ortho intramolecular Hbond substituents is 1. The van der Waals surface area contributed by atoms with E-state index in [-0.39, 0.29) is 53.5 Å². The van der Waals surface area contributed by atoms with E-state index in [1.807, 2.05) is 0 Å². The molecule has 3 rings (SSSR count). The number of methoxy groups -OCH3 is 1. The SMILES string of the molecule is COc1cc(O[C@@H]2O[C@H]([C@H](O)C[C@H](CN)CC=O)[C@@H](O)[C@H](O)[C@H]2O)c2c(O)c(C(C)=O)c(C)cc2c1. The first-order valence-corrected chi connectivity index (χ1v) is 11.6. The van der Waals surface area contributed by atoms with E-state index in [2.05, 4.69) is 0 Å². The first kappa shape index (κ1) is 27.8. The minimum Gasteiger partial charge on any atom is -0.506 e. The topological polar surface area (TPSA) is 189 Å². The summed E-state index contributed by atoms with van der Waals surface area (Å²) in [5.41, 5.74) is 6.27. The summed E-state index contributed by atoms with van der Waals surface area (Å²) in [5, 5.41) is 53.7. The number of aromatic hydroxyl groups is 1. The standard InChI is InChI=1S/C25H33NO10/c1-11-6-14-8-15(34-3)9-17(19(14)20(30)18(11)12(2)28)35-25-23(33)21(31)22(32)24(36-25)16(29)7-13(10-26)4-5-27/h5-6,8-9,13,16,21-25,29-33H,4,7,10,26H2,1-3H3/t13-,16-,21+,22+,23-,24-,25-/m1/s1. The van der Waals surface area contributed by atoms with Gasteiger partial charge in [-0.1, -0.05) is 6.07 Å². The summed E-state index contributed by atoms with van der Waals surface area (Å²) in [7, 11) is 1.42. The number of ether oxygens (including phenoxy) is 3. The van der Waals surface area contributed by atoms with Gasteiger partial charge in [-0.25, -0.2) is 0 Å². The molecular weight excluding hydrogens is 474 g/mol. The highest BCUT2D eigenvalue weighted by atomic mass is 16.7. The van der Waals surface area contributed by atoms with Crippen LogP contribution in [-0.4, -0.2) is 88.1 Å². The van der Waals surface area contributed by atoms with Gasteiger partial charge in [-0.3, -0.25) is 4.79 Å². The molecule has 1 aliphatic heterocycles. The number of benzene rings is 2. The number of phenols is 1. The molecule has 0 aliphatic carbocycles. The number of ketones is 1. The van der Waals surface area contributed by atoms with Gasteiger partial charge in [0.25, 0.3) is 0 Å². The molecule has 2 aromatic rings. The monoisotopic (exact) mass is 507 g/mol. The molecule has 2 aromatic carbocycles. The maximum atomic E-state index is 12.2. The molecule has 1 saturated heterocycles. The molecule has 0 unspecified atom stereocenters. The van der Waals surface area contributed by atoms with E-state index in [1.165, 1.54) is 20.1 Å². The van der Waals surface area contributed by atoms with Gasteiger partial charge in [0.15, 0.2) is 5.78 Å². The van der Waals surface area contributed by atoms with Crippen LogP contribution in [0.2, 0.25) is 0 Å². The van der Waals surface area contributed by atoms with Gasteiger partial charge in [0.05, 0.1) is 24.2 Å². The molecule has 11 nitrogen and oxygen atoms in total. The van der Waals surface area contributed by atoms with Crippen molar-refractivity contribution in [3.8, 4) is 17.2 Å². The Kier molecular flexibility index (Phi) is 8.88. The summed E-state index contributed by atoms with van der Waals surface area (Å²) in [6, 6.07) is 4.71. The Hall–Kier alpha value is -2.80. The first-order valence-electron chi connectivity index (χ1n) is 11.6. The Labute approximate surface area is 208 Å². The summed E-state index contributed by atoms with van der Waals surface area (Å²) >= 11 is 0. The number of aryl methyl sites for hydroxylation is 1. The molecule has 0 spiro atoms. The van der Waals surface area contributed by atoms with Crippen LogP contribution >= 0.6 is 0 Å². The van der Waals surface area contributed by atoms with E-state index in [0.29, 0.717) is 23.0 Å². The Bertz CT molecular complexity index is 1110. The van der Waals surface area contributed by atoms with E-state index >= 15 is 0 Å². The van der Waals surface area contributed by atoms with Gasteiger partial charge in [-0.2, -0.15) is 0 Å². The van der Waals surface area contributed by atoms with Crippen LogP contribution < -0.4 is 15.2 Å². The molecule has 7 atom stereocenters. The lowest BCUT2D eigenvalue weighted by Crippen LogP contribution is -2.62. The molecule has 1 heterocycles. The van der Waals surface area contributed by atoms with E-state index in [1.54, 1.807) is 19.1 Å². The van der Waals surface area contributed by atoms with Crippen molar-refractivity contribution in [1.82, 2.24) is 0 Å². The Balaban J connectivity index is 2.00. The summed E-state index contributed by atoms with van der Waals surface area (Å²) in [4.78, 5) is 23.0. The van der Waals surface area contributed by atoms with Crippen molar-refractivity contribution in [2.75, 3.05) is 13.7 Å². The van der Waals surface area contributed by atoms with Crippen molar-refractivity contribution in [3.63, 3.8) is 0 Å². The number of nitrogens with two attached hydrogens (primary N) is 1. The van der Waals surface area contributed by atoms with Crippen molar-refractivity contribution < 1.29 is 49.3 Å². The number of aldehydes is 1. The molecule has 0 amide bonds. The average molecular weight is 508 g/mol. The number of rotatable bonds is 10. The minimum absolute atomic E-state index is 0.00334. The molecule has 11 heteroatoms. The van der Waals surface area contributed by atoms with Gasteiger partial charge in [0, 0.05) is 12.5 Å². The van der Waals surface area contributed by atoms with Crippen LogP contribution in [0, 0.1) is 12.8 Å². The Morgan fingerprint density at radius 3 is 2.47 bits per heavy atom. The van der Waals surface area contributed by atoms with Gasteiger partial charge < -0.3 is 50.3 Å². The first-order chi connectivity index (χ1) is 17.0. The largest absolute Gasteiger partial charge is 0.506 e. The molecule has 1 fully saturated rings. The minimum atomic E-state index is -1.74. The summed E-state index contributed by atoms with van der Waals surface area (Å²) in [6.45, 7) is 3.10. The predicted octanol–water partition coefficient (Wildman–Crippen LogP) is 0.166. The fraction of sp³-hybridized carbons (Fsp3) is 0.520. The fourth-order valence-corrected chi connectivity index (χ4v) is 4.56. The summed E-state index contributed by atoms with van der Waals surface area (Å²) in [6.07, 6.45) is -8.68. The number of hydrogen-bond acceptors (Lipinski definition) is 11. The van der Waals surface area contributed by atoms with Gasteiger partial charge >= 0.3 is 0 Å². The molecule has 7 N–H and O–H groups in total. The maximum absolute atomic E-state index is 12.2. The third-order valence-electron chi connectivity index (χ3n) is 6.50. The molecule has 0 radical (unpaired) electrons. The molecule has 198 valence electrons. The average Bonchev–Trinajstić information content (AvgIpc) is 2.82. The maximum Gasteiger partial charge on any atom is 0.229 e. The third kappa shape index (κ3) is 5.46. The molecule has 0 saturated carbocycles. The Morgan fingerprint density at radius 2 is 1.89 bits per heavy atom. The van der Waals surface area contributed by atoms with E-state index in [9.17, 15) is 35.1 Å². The van der Waals surface area contributed by atoms with Crippen molar-refractivity contribution in [3.05, 3.63) is 29.3 Å². The lowest BCUT2D eigenvalue weighted by Gasteiger charge is -2.42. The van der Waals surface area contributed by atoms with Gasteiger partial charge in [0.1, 0.15) is 48.0 Å². The number of fused-ring (bicyclic) bond motifs is 1. The number of aliphatic hydroxyl groups excluding tert-OH is 4. The van der Waals surface area contributed by atoms with Crippen LogP contribution in [0.1, 0.15) is 35.7 Å². The quantitative estimate of drug-likeness (QED) is 0.190. The van der Waals surface area contributed by atoms with E-state index < -0.39 is 36.8 Å². The zero-order valence-corrected chi connectivity index (χ0v) is 20.3. The number of carbonyl (C=O) groups excluding carboxylic acids is 2. The zero-order valence-electron chi connectivity index (χ0n) is 20.3. The second kappa shape index (κ2) is 11.5. The van der Waals surface area contributed by atoms with Gasteiger partial charge in [-0.05, 0) is 49.7 Å². The second-order valence-corrected chi connectivity index (χ2v) is 9.06. The molecule has 0 aromatic heterocycles. The summed E-state index contributed by atoms with van der Waals surface area (Å²) in [5.74, 6) is -0.768. The molecular formula is C25H33NO10. The number of Topliss-reactive ketones (excluding diaryl/α,β-unsaturated/α-hetero) is 1. The molecule has 0 bridgehead atoms. The number of aliphatic hydroxyl groups is 4. The van der Waals surface area contributed by atoms with Gasteiger partial charge in [-0.15, -0.1) is 0 Å². The van der Waals surface area contributed by atoms with Gasteiger partial charge in [0.2, 0.25) is 6.29 Å². The lowest BCUT2D eigenvalue weighted by molar-refractivity contribution is -0.288. The van der Waals surface area contributed by atoms with Crippen molar-refractivity contribution >= 4 is 22.8 Å². The predicted molar refractivity (Wildman–Crippen MR) is 128 cm³/mol. The van der Waals surface area contributed by atoms with Crippen LogP contribution in [-0.2, 0) is 9.53 Å². The van der Waals surface area contributed by atoms with Crippen molar-refractivity contribution in [1.29, 1.82) is 0 Å². The highest BCUT2D eigenvalue weighted by Gasteiger charge is 2.48. The van der Waals surface area contributed by atoms with Crippen molar-refractivity contribution in [2.24, 2.45) is 11.7 Å². The molecule has 36 heavy (non-hydrogen) atoms. The highest BCUT2D eigenvalue weighted by Crippen LogP contribution is 2.42. The van der Waals surface area contributed by atoms with Crippen LogP contribution in [0.25, 0.3) is 10.8 Å². The van der Waals surface area contributed by atoms with Crippen LogP contribution in [0.15, 0.2) is 18.2 Å². The van der Waals surface area contributed by atoms with Crippen molar-refractivity contribution in [2.45, 2.75) is 63.5 Å². The zero-order chi connectivity index (χ0) is 26.7. The normalized spacial score (nSPS) is 25.8. The second-order valence-electron chi connectivity index (χ2n) is 9.06. The fourth-order valence-electron chi connectivity index (χ4n) is 4.56. The van der Waals surface area contributed by atoms with Crippen LogP contribution in [0.3, 0.4) is 0 Å². The number of carbonyl (C=O) groups is 2. The van der Waals surface area contributed by atoms with Crippen LogP contribution in [0.5, 0.6) is 17.2 Å². The van der Waals surface area contributed by atoms with E-state index in [4.69, 9.17) is 19.9 Å². The third-order valence-corrected chi connectivity index (χ3v) is 6.50. The lowest BCUT2D eigenvalue weighted by atomic mass is 9.89. The highest BCUT2D eigenvalue weighted by molar-refractivity contribution is 6.07. The van der Waals surface area contributed by atoms with Crippen LogP contribution in [0.4, 0.5) is 0 Å². The smallest absolute Gasteiger partial charge is 0.229 e. The Morgan fingerprint density at radius 1 is 1.19 bits per heavy atom. The number of hydrogen-bond donors (Lipinski definition) is 6.